The molecule has 5 fully saturated rings. The summed E-state index contributed by atoms with van der Waals surface area (Å²) in [7, 11) is 1.27. The van der Waals surface area contributed by atoms with Gasteiger partial charge in [-0.3, -0.25) is 19.2 Å². The molecule has 0 aromatic carbocycles. The van der Waals surface area contributed by atoms with Gasteiger partial charge in [-0.05, 0) is 31.2 Å². The van der Waals surface area contributed by atoms with Crippen LogP contribution in [0.15, 0.2) is 23.0 Å². The van der Waals surface area contributed by atoms with Crippen molar-refractivity contribution in [2.45, 2.75) is 116 Å². The fraction of sp³-hybridized carbons (Fsp3) is 0.765. The summed E-state index contributed by atoms with van der Waals surface area (Å²) in [6.45, 7) is 12.0. The zero-order valence-corrected chi connectivity index (χ0v) is 27.8. The van der Waals surface area contributed by atoms with Gasteiger partial charge >= 0.3 is 23.9 Å². The Kier molecular flexibility index (Phi) is 7.36. The Morgan fingerprint density at radius 2 is 1.78 bits per heavy atom. The Morgan fingerprint density at radius 1 is 1.09 bits per heavy atom. The fourth-order valence-corrected chi connectivity index (χ4v) is 10.7. The fourth-order valence-electron chi connectivity index (χ4n) is 10.7. The summed E-state index contributed by atoms with van der Waals surface area (Å²) in [5.74, 6) is -7.57. The molecule has 3 saturated heterocycles. The number of ether oxygens (including phenoxy) is 5. The van der Waals surface area contributed by atoms with E-state index in [1.54, 1.807) is 33.8 Å². The average molecular weight is 647 g/mol. The van der Waals surface area contributed by atoms with Gasteiger partial charge in [-0.1, -0.05) is 41.5 Å². The van der Waals surface area contributed by atoms with Crippen LogP contribution < -0.4 is 0 Å². The first-order chi connectivity index (χ1) is 21.4. The van der Waals surface area contributed by atoms with Gasteiger partial charge in [0.15, 0.2) is 11.7 Å². The van der Waals surface area contributed by atoms with Crippen LogP contribution in [0.25, 0.3) is 0 Å². The molecule has 1 spiro atoms. The molecule has 1 aromatic rings. The Balaban J connectivity index is 1.64. The van der Waals surface area contributed by atoms with Crippen molar-refractivity contribution in [1.29, 1.82) is 0 Å². The highest BCUT2D eigenvalue weighted by atomic mass is 16.7. The van der Waals surface area contributed by atoms with Crippen molar-refractivity contribution in [2.24, 2.45) is 39.9 Å². The first kappa shape index (κ1) is 33.0. The first-order valence-electron chi connectivity index (χ1n) is 16.2. The maximum Gasteiger partial charge on any atom is 0.309 e. The molecule has 12 heteroatoms. The summed E-state index contributed by atoms with van der Waals surface area (Å²) in [4.78, 5) is 53.0. The smallest absolute Gasteiger partial charge is 0.309 e. The molecule has 6 rings (SSSR count). The second kappa shape index (κ2) is 10.3. The van der Waals surface area contributed by atoms with Crippen LogP contribution in [0.1, 0.15) is 92.2 Å². The minimum atomic E-state index is -2.49. The van der Waals surface area contributed by atoms with Gasteiger partial charge in [-0.2, -0.15) is 0 Å². The number of furan rings is 1. The van der Waals surface area contributed by atoms with E-state index in [-0.39, 0.29) is 12.8 Å². The maximum atomic E-state index is 13.7. The van der Waals surface area contributed by atoms with Gasteiger partial charge in [0.2, 0.25) is 5.79 Å². The van der Waals surface area contributed by atoms with Crippen LogP contribution in [-0.4, -0.2) is 70.4 Å². The number of esters is 4. The minimum absolute atomic E-state index is 0.149. The second-order valence-electron chi connectivity index (χ2n) is 15.3. The molecule has 2 bridgehead atoms. The molecule has 12 unspecified atom stereocenters. The van der Waals surface area contributed by atoms with E-state index in [4.69, 9.17) is 28.1 Å². The monoisotopic (exact) mass is 646 g/mol. The van der Waals surface area contributed by atoms with Crippen LogP contribution in [0.5, 0.6) is 0 Å². The molecule has 12 nitrogen and oxygen atoms in total. The lowest BCUT2D eigenvalue weighted by Gasteiger charge is -2.70. The topological polar surface area (TPSA) is 168 Å². The predicted molar refractivity (Wildman–Crippen MR) is 157 cm³/mol. The van der Waals surface area contributed by atoms with Gasteiger partial charge in [0.1, 0.15) is 17.8 Å². The molecule has 3 aliphatic heterocycles. The molecule has 46 heavy (non-hydrogen) atoms. The lowest BCUT2D eigenvalue weighted by molar-refractivity contribution is -0.385. The van der Waals surface area contributed by atoms with Crippen LogP contribution in [0.4, 0.5) is 0 Å². The molecule has 12 atom stereocenters. The average Bonchev–Trinajstić information content (AvgIpc) is 3.65. The second-order valence-corrected chi connectivity index (χ2v) is 15.3. The molecule has 2 saturated carbocycles. The molecule has 254 valence electrons. The number of fused-ring (bicyclic) bond motifs is 2. The highest BCUT2D eigenvalue weighted by Crippen LogP contribution is 2.82. The van der Waals surface area contributed by atoms with Crippen molar-refractivity contribution >= 4 is 23.9 Å². The number of aliphatic hydroxyl groups is 2. The van der Waals surface area contributed by atoms with Gasteiger partial charge < -0.3 is 38.3 Å². The highest BCUT2D eigenvalue weighted by molar-refractivity contribution is 5.74. The standard InChI is InChI=1S/C34H46O12/c1-9-17(2)26(38)45-28-32-20(10-12-30(6)22(32)15-24(37)44-25(30)19-11-13-42-16-19)31(7)21(14-23(36)41-8)29(4,5)27(43-18(3)35)33(28,39)34(31,40)46-32/h11,13,16-17,20-22,25,27-28,39-40H,9-10,12,14-15H2,1-8H3. The van der Waals surface area contributed by atoms with Gasteiger partial charge in [0, 0.05) is 47.0 Å². The van der Waals surface area contributed by atoms with Crippen LogP contribution in [0.2, 0.25) is 0 Å². The molecular weight excluding hydrogens is 600 g/mol. The quantitative estimate of drug-likeness (QED) is 0.327. The van der Waals surface area contributed by atoms with Crippen molar-refractivity contribution in [1.82, 2.24) is 0 Å². The third-order valence-electron chi connectivity index (χ3n) is 12.9. The van der Waals surface area contributed by atoms with E-state index in [0.29, 0.717) is 24.8 Å². The number of hydrogen-bond acceptors (Lipinski definition) is 12. The number of carbonyl (C=O) groups excluding carboxylic acids is 4. The Bertz CT molecular complexity index is 1440. The number of rotatable bonds is 7. The van der Waals surface area contributed by atoms with Crippen molar-refractivity contribution in [3.8, 4) is 0 Å². The third kappa shape index (κ3) is 3.77. The number of methoxy groups -OCH3 is 1. The van der Waals surface area contributed by atoms with Crippen molar-refractivity contribution in [2.75, 3.05) is 7.11 Å². The Morgan fingerprint density at radius 3 is 2.37 bits per heavy atom. The van der Waals surface area contributed by atoms with Crippen LogP contribution >= 0.6 is 0 Å². The van der Waals surface area contributed by atoms with E-state index < -0.39 is 99.1 Å². The Hall–Kier alpha value is -2.96. The highest BCUT2D eigenvalue weighted by Gasteiger charge is 2.96. The Labute approximate surface area is 268 Å². The summed E-state index contributed by atoms with van der Waals surface area (Å²) in [5.41, 5.74) is -6.84. The van der Waals surface area contributed by atoms with E-state index in [1.165, 1.54) is 26.6 Å². The SMILES string of the molecule is CCC(C)C(=O)OC1C23OC4(O)C(C)(C(CC(=O)OC)C(C)(C)C(OC(C)=O)C14O)C2CCC1(C)C(c2ccoc2)OC(=O)CC13. The zero-order chi connectivity index (χ0) is 33.8. The number of hydrogen-bond donors (Lipinski definition) is 2. The molecule has 0 amide bonds. The number of cyclic esters (lactones) is 1. The largest absolute Gasteiger partial charge is 0.472 e. The van der Waals surface area contributed by atoms with E-state index in [0.717, 1.165) is 0 Å². The van der Waals surface area contributed by atoms with Gasteiger partial charge in [-0.15, -0.1) is 0 Å². The summed E-state index contributed by atoms with van der Waals surface area (Å²) >= 11 is 0. The summed E-state index contributed by atoms with van der Waals surface area (Å²) < 4.78 is 35.6. The predicted octanol–water partition coefficient (Wildman–Crippen LogP) is 3.62. The summed E-state index contributed by atoms with van der Waals surface area (Å²) in [6.07, 6.45) is 0.268. The minimum Gasteiger partial charge on any atom is -0.472 e. The van der Waals surface area contributed by atoms with Crippen molar-refractivity contribution < 1.29 is 57.5 Å². The van der Waals surface area contributed by atoms with Crippen LogP contribution in [0.3, 0.4) is 0 Å². The van der Waals surface area contributed by atoms with Crippen molar-refractivity contribution in [3.05, 3.63) is 24.2 Å². The molecule has 5 aliphatic rings. The van der Waals surface area contributed by atoms with E-state index in [9.17, 15) is 29.4 Å². The van der Waals surface area contributed by atoms with Gasteiger partial charge in [0.25, 0.3) is 0 Å². The first-order valence-corrected chi connectivity index (χ1v) is 16.2. The van der Waals surface area contributed by atoms with Crippen molar-refractivity contribution in [3.63, 3.8) is 0 Å². The van der Waals surface area contributed by atoms with Gasteiger partial charge in [0.05, 0.1) is 32.0 Å². The van der Waals surface area contributed by atoms with Crippen LogP contribution in [0, 0.1) is 39.9 Å². The molecule has 2 aliphatic carbocycles. The van der Waals surface area contributed by atoms with E-state index >= 15 is 0 Å². The molecule has 4 heterocycles. The van der Waals surface area contributed by atoms with Crippen LogP contribution in [-0.2, 0) is 42.9 Å². The lowest BCUT2D eigenvalue weighted by atomic mass is 9.35. The lowest BCUT2D eigenvalue weighted by Crippen LogP contribution is -2.85. The summed E-state index contributed by atoms with van der Waals surface area (Å²) in [6, 6.07) is 1.73. The van der Waals surface area contributed by atoms with Gasteiger partial charge in [-0.25, -0.2) is 0 Å². The number of carbonyl (C=O) groups is 4. The molecular formula is C34H46O12. The van der Waals surface area contributed by atoms with E-state index in [1.807, 2.05) is 13.8 Å². The molecule has 1 aromatic heterocycles. The summed E-state index contributed by atoms with van der Waals surface area (Å²) in [5, 5.41) is 26.3. The maximum absolute atomic E-state index is 13.7. The molecule has 2 N–H and O–H groups in total. The third-order valence-corrected chi connectivity index (χ3v) is 12.9. The zero-order valence-electron chi connectivity index (χ0n) is 27.8. The van der Waals surface area contributed by atoms with E-state index in [2.05, 4.69) is 0 Å². The normalized spacial score (nSPS) is 45.6. The molecule has 0 radical (unpaired) electrons.